The lowest BCUT2D eigenvalue weighted by Gasteiger charge is -2.33. The van der Waals surface area contributed by atoms with Crippen molar-refractivity contribution in [2.45, 2.75) is 18.3 Å². The van der Waals surface area contributed by atoms with Gasteiger partial charge in [-0.05, 0) is 42.8 Å². The Morgan fingerprint density at radius 1 is 1.34 bits per heavy atom. The summed E-state index contributed by atoms with van der Waals surface area (Å²) in [5, 5.41) is 11.9. The number of halogens is 1. The molecular weight excluding hydrogens is 391 g/mol. The number of hydrogen-bond donors (Lipinski definition) is 1. The van der Waals surface area contributed by atoms with Crippen LogP contribution in [0.3, 0.4) is 0 Å². The Morgan fingerprint density at radius 3 is 2.93 bits per heavy atom. The predicted octanol–water partition coefficient (Wildman–Crippen LogP) is 3.18. The Kier molecular flexibility index (Phi) is 4.92. The van der Waals surface area contributed by atoms with Crippen LogP contribution in [0, 0.1) is 17.1 Å². The fourth-order valence-electron chi connectivity index (χ4n) is 3.91. The maximum absolute atomic E-state index is 14.2. The molecule has 2 aliphatic rings. The van der Waals surface area contributed by atoms with Gasteiger partial charge >= 0.3 is 6.03 Å². The van der Waals surface area contributed by atoms with E-state index in [0.29, 0.717) is 35.7 Å². The molecule has 2 aromatic rings. The quantitative estimate of drug-likeness (QED) is 0.843. The number of thioether (sulfide) groups is 1. The number of amides is 3. The van der Waals surface area contributed by atoms with Crippen LogP contribution in [0.5, 0.6) is 0 Å². The van der Waals surface area contributed by atoms with Crippen molar-refractivity contribution in [3.63, 3.8) is 0 Å². The number of carbonyl (C=O) groups excluding carboxylic acids is 2. The summed E-state index contributed by atoms with van der Waals surface area (Å²) >= 11 is 1.35. The Bertz CT molecular complexity index is 1040. The van der Waals surface area contributed by atoms with Crippen LogP contribution in [0.25, 0.3) is 0 Å². The monoisotopic (exact) mass is 410 g/mol. The summed E-state index contributed by atoms with van der Waals surface area (Å²) in [6, 6.07) is 13.0. The SMILES string of the molecule is CCNC(=O)N1CCSC12C(=O)N(Cc1cccc(C#N)c1)c1ccc(F)cc12. The fourth-order valence-corrected chi connectivity index (χ4v) is 5.36. The number of carbonyl (C=O) groups is 2. The van der Waals surface area contributed by atoms with Gasteiger partial charge in [-0.15, -0.1) is 11.8 Å². The second-order valence-electron chi connectivity index (χ2n) is 6.84. The standard InChI is InChI=1S/C21H19FN4O2S/c1-2-24-20(28)26-8-9-29-21(26)17-11-16(22)6-7-18(17)25(19(21)27)13-15-5-3-4-14(10-15)12-23/h3-7,10-11H,2,8-9,13H2,1H3,(H,24,28). The lowest BCUT2D eigenvalue weighted by molar-refractivity contribution is -0.123. The molecule has 0 aliphatic carbocycles. The predicted molar refractivity (Wildman–Crippen MR) is 109 cm³/mol. The maximum Gasteiger partial charge on any atom is 0.319 e. The molecule has 1 unspecified atom stereocenters. The second-order valence-corrected chi connectivity index (χ2v) is 8.13. The maximum atomic E-state index is 14.2. The molecule has 29 heavy (non-hydrogen) atoms. The van der Waals surface area contributed by atoms with Crippen LogP contribution in [-0.4, -0.2) is 35.7 Å². The lowest BCUT2D eigenvalue weighted by atomic mass is 10.1. The number of nitriles is 1. The van der Waals surface area contributed by atoms with E-state index in [1.165, 1.54) is 28.8 Å². The number of nitrogens with zero attached hydrogens (tertiary/aromatic N) is 3. The summed E-state index contributed by atoms with van der Waals surface area (Å²) in [5.41, 5.74) is 2.37. The molecule has 0 radical (unpaired) electrons. The van der Waals surface area contributed by atoms with E-state index in [1.807, 2.05) is 13.0 Å². The first kappa shape index (κ1) is 19.3. The van der Waals surface area contributed by atoms with Crippen molar-refractivity contribution >= 4 is 29.4 Å². The normalized spacial score (nSPS) is 20.1. The first-order chi connectivity index (χ1) is 14.0. The highest BCUT2D eigenvalue weighted by atomic mass is 32.2. The highest BCUT2D eigenvalue weighted by Gasteiger charge is 2.59. The first-order valence-electron chi connectivity index (χ1n) is 9.31. The van der Waals surface area contributed by atoms with E-state index in [0.717, 1.165) is 5.56 Å². The fraction of sp³-hybridized carbons (Fsp3) is 0.286. The first-order valence-corrected chi connectivity index (χ1v) is 10.3. The van der Waals surface area contributed by atoms with E-state index in [9.17, 15) is 14.0 Å². The number of rotatable bonds is 3. The molecule has 1 spiro atoms. The molecule has 3 amide bonds. The summed E-state index contributed by atoms with van der Waals surface area (Å²) in [7, 11) is 0. The van der Waals surface area contributed by atoms with Crippen LogP contribution in [0.2, 0.25) is 0 Å². The van der Waals surface area contributed by atoms with E-state index in [2.05, 4.69) is 11.4 Å². The zero-order valence-electron chi connectivity index (χ0n) is 15.8. The second kappa shape index (κ2) is 7.41. The van der Waals surface area contributed by atoms with Gasteiger partial charge in [0.15, 0.2) is 4.87 Å². The Labute approximate surface area is 172 Å². The third kappa shape index (κ3) is 3.02. The molecule has 6 nitrogen and oxygen atoms in total. The highest BCUT2D eigenvalue weighted by molar-refractivity contribution is 8.01. The van der Waals surface area contributed by atoms with Crippen LogP contribution in [0.1, 0.15) is 23.6 Å². The number of benzene rings is 2. The average molecular weight is 410 g/mol. The largest absolute Gasteiger partial charge is 0.338 e. The van der Waals surface area contributed by atoms with Gasteiger partial charge in [-0.3, -0.25) is 9.69 Å². The van der Waals surface area contributed by atoms with E-state index in [4.69, 9.17) is 5.26 Å². The van der Waals surface area contributed by atoms with Crippen molar-refractivity contribution in [2.24, 2.45) is 0 Å². The molecule has 8 heteroatoms. The van der Waals surface area contributed by atoms with Crippen LogP contribution in [0.4, 0.5) is 14.9 Å². The van der Waals surface area contributed by atoms with Gasteiger partial charge in [0.1, 0.15) is 5.82 Å². The average Bonchev–Trinajstić information content (AvgIpc) is 3.26. The van der Waals surface area contributed by atoms with Crippen LogP contribution in [0.15, 0.2) is 42.5 Å². The van der Waals surface area contributed by atoms with Gasteiger partial charge in [0.25, 0.3) is 5.91 Å². The summed E-state index contributed by atoms with van der Waals surface area (Å²) in [6.07, 6.45) is 0. The number of fused-ring (bicyclic) bond motifs is 2. The molecule has 2 aliphatic heterocycles. The molecule has 0 saturated carbocycles. The molecule has 1 saturated heterocycles. The molecule has 4 rings (SSSR count). The zero-order valence-corrected chi connectivity index (χ0v) is 16.6. The van der Waals surface area contributed by atoms with Crippen molar-refractivity contribution in [3.8, 4) is 6.07 Å². The van der Waals surface area contributed by atoms with E-state index in [1.54, 1.807) is 29.2 Å². The van der Waals surface area contributed by atoms with E-state index < -0.39 is 10.7 Å². The van der Waals surface area contributed by atoms with Crippen molar-refractivity contribution < 1.29 is 14.0 Å². The summed E-state index contributed by atoms with van der Waals surface area (Å²) < 4.78 is 14.2. The summed E-state index contributed by atoms with van der Waals surface area (Å²) in [6.45, 7) is 2.88. The van der Waals surface area contributed by atoms with Crippen LogP contribution < -0.4 is 10.2 Å². The molecule has 1 N–H and O–H groups in total. The van der Waals surface area contributed by atoms with E-state index in [-0.39, 0.29) is 18.5 Å². The molecule has 1 fully saturated rings. The van der Waals surface area contributed by atoms with Crippen molar-refractivity contribution in [1.29, 1.82) is 5.26 Å². The van der Waals surface area contributed by atoms with Gasteiger partial charge in [0, 0.05) is 24.4 Å². The molecule has 148 valence electrons. The minimum absolute atomic E-state index is 0.235. The van der Waals surface area contributed by atoms with Crippen molar-refractivity contribution in [3.05, 3.63) is 65.0 Å². The van der Waals surface area contributed by atoms with Gasteiger partial charge in [-0.25, -0.2) is 9.18 Å². The number of nitrogens with one attached hydrogen (secondary N) is 1. The van der Waals surface area contributed by atoms with Crippen LogP contribution in [-0.2, 0) is 16.2 Å². The number of urea groups is 1. The molecule has 1 atom stereocenters. The minimum atomic E-state index is -1.27. The Balaban J connectivity index is 1.79. The van der Waals surface area contributed by atoms with Gasteiger partial charge in [-0.1, -0.05) is 12.1 Å². The molecule has 0 bridgehead atoms. The summed E-state index contributed by atoms with van der Waals surface area (Å²) in [5.74, 6) is -0.141. The third-order valence-electron chi connectivity index (χ3n) is 5.13. The van der Waals surface area contributed by atoms with Gasteiger partial charge in [-0.2, -0.15) is 5.26 Å². The lowest BCUT2D eigenvalue weighted by Crippen LogP contribution is -2.53. The Hall–Kier alpha value is -3.05. The van der Waals surface area contributed by atoms with Gasteiger partial charge in [0.2, 0.25) is 0 Å². The smallest absolute Gasteiger partial charge is 0.319 e. The van der Waals surface area contributed by atoms with E-state index >= 15 is 0 Å². The van der Waals surface area contributed by atoms with Crippen LogP contribution >= 0.6 is 11.8 Å². The van der Waals surface area contributed by atoms with Gasteiger partial charge in [0.05, 0.1) is 23.9 Å². The highest BCUT2D eigenvalue weighted by Crippen LogP contribution is 2.54. The summed E-state index contributed by atoms with van der Waals surface area (Å²) in [4.78, 5) is 28.2. The topological polar surface area (TPSA) is 76.4 Å². The number of anilines is 1. The minimum Gasteiger partial charge on any atom is -0.338 e. The Morgan fingerprint density at radius 2 is 2.17 bits per heavy atom. The zero-order chi connectivity index (χ0) is 20.6. The van der Waals surface area contributed by atoms with Crippen molar-refractivity contribution in [1.82, 2.24) is 10.2 Å². The third-order valence-corrected chi connectivity index (χ3v) is 6.54. The van der Waals surface area contributed by atoms with Crippen molar-refractivity contribution in [2.75, 3.05) is 23.7 Å². The molecule has 0 aromatic heterocycles. The number of hydrogen-bond acceptors (Lipinski definition) is 4. The molecule has 2 aromatic carbocycles. The molecular formula is C21H19FN4O2S. The molecule has 2 heterocycles. The van der Waals surface area contributed by atoms with Gasteiger partial charge < -0.3 is 10.2 Å².